The second kappa shape index (κ2) is 6.05. The highest BCUT2D eigenvalue weighted by Crippen LogP contribution is 2.39. The van der Waals surface area contributed by atoms with Crippen LogP contribution < -0.4 is 0 Å². The largest absolute Gasteiger partial charge is 0.245 e. The van der Waals surface area contributed by atoms with Crippen LogP contribution in [0.4, 0.5) is 0 Å². The molecule has 0 N–H and O–H groups in total. The molecule has 4 heteroatoms. The van der Waals surface area contributed by atoms with E-state index >= 15 is 0 Å². The molecule has 0 bridgehead atoms. The smallest absolute Gasteiger partial charge is 0.116 e. The maximum absolute atomic E-state index is 6.55. The summed E-state index contributed by atoms with van der Waals surface area (Å²) in [6.45, 7) is 0. The van der Waals surface area contributed by atoms with Crippen LogP contribution in [0.1, 0.15) is 37.7 Å². The van der Waals surface area contributed by atoms with E-state index in [1.165, 1.54) is 19.3 Å². The Hall–Kier alpha value is -1.57. The van der Waals surface area contributed by atoms with Gasteiger partial charge in [-0.15, -0.1) is 0 Å². The van der Waals surface area contributed by atoms with Crippen molar-refractivity contribution in [3.8, 4) is 11.3 Å². The third-order valence-corrected chi connectivity index (χ3v) is 4.51. The molecule has 4 radical (unpaired) electrons. The Morgan fingerprint density at radius 3 is 2.43 bits per heavy atom. The quantitative estimate of drug-likeness (QED) is 0.802. The van der Waals surface area contributed by atoms with Crippen molar-refractivity contribution < 1.29 is 0 Å². The molecular formula is C17H18B2N2. The third-order valence-electron chi connectivity index (χ3n) is 4.51. The molecule has 102 valence electrons. The highest BCUT2D eigenvalue weighted by molar-refractivity contribution is 6.40. The van der Waals surface area contributed by atoms with Crippen LogP contribution in [0.25, 0.3) is 11.3 Å². The van der Waals surface area contributed by atoms with Gasteiger partial charge in [-0.3, -0.25) is 0 Å². The van der Waals surface area contributed by atoms with Gasteiger partial charge < -0.3 is 0 Å². The van der Waals surface area contributed by atoms with Crippen molar-refractivity contribution in [3.63, 3.8) is 0 Å². The lowest BCUT2D eigenvalue weighted by atomic mass is 9.43. The molecule has 1 heterocycles. The fourth-order valence-corrected chi connectivity index (χ4v) is 3.27. The maximum Gasteiger partial charge on any atom is 0.116 e. The van der Waals surface area contributed by atoms with Gasteiger partial charge in [0.2, 0.25) is 0 Å². The summed E-state index contributed by atoms with van der Waals surface area (Å²) in [7, 11) is 13.1. The Morgan fingerprint density at radius 2 is 1.71 bits per heavy atom. The van der Waals surface area contributed by atoms with Crippen molar-refractivity contribution in [2.45, 2.75) is 37.3 Å². The van der Waals surface area contributed by atoms with Gasteiger partial charge in [0, 0.05) is 11.8 Å². The van der Waals surface area contributed by atoms with Crippen molar-refractivity contribution in [1.82, 2.24) is 9.97 Å². The minimum absolute atomic E-state index is 0.291. The summed E-state index contributed by atoms with van der Waals surface area (Å²) in [6, 6.07) is 10.0. The van der Waals surface area contributed by atoms with Gasteiger partial charge in [-0.25, -0.2) is 9.97 Å². The molecule has 0 saturated heterocycles. The van der Waals surface area contributed by atoms with E-state index in [0.717, 1.165) is 29.7 Å². The average molecular weight is 272 g/mol. The zero-order chi connectivity index (χ0) is 14.7. The van der Waals surface area contributed by atoms with E-state index < -0.39 is 5.21 Å². The number of nitrogens with zero attached hydrogens (tertiary/aromatic N) is 2. The van der Waals surface area contributed by atoms with E-state index in [9.17, 15) is 0 Å². The maximum atomic E-state index is 6.55. The van der Waals surface area contributed by atoms with Gasteiger partial charge in [0.25, 0.3) is 0 Å². The molecule has 0 amide bonds. The highest BCUT2D eigenvalue weighted by atomic mass is 14.8. The van der Waals surface area contributed by atoms with Crippen LogP contribution in [0, 0.1) is 5.92 Å². The zero-order valence-electron chi connectivity index (χ0n) is 12.2. The first-order chi connectivity index (χ1) is 10.2. The van der Waals surface area contributed by atoms with Crippen molar-refractivity contribution in [3.05, 3.63) is 48.4 Å². The fraction of sp³-hybridized carbons (Fsp3) is 0.412. The standard InChI is InChI=1S/C17H18B2N2/c18-17(19,14-9-5-2-6-10-14)15-11-20-12-21-16(15)13-7-3-1-4-8-13/h1,3-4,7-8,11-12,14H,2,5-6,9-10H2. The van der Waals surface area contributed by atoms with E-state index in [0.29, 0.717) is 5.92 Å². The van der Waals surface area contributed by atoms with Crippen LogP contribution in [0.2, 0.25) is 0 Å². The summed E-state index contributed by atoms with van der Waals surface area (Å²) in [5.74, 6) is 0.291. The third kappa shape index (κ3) is 2.90. The minimum atomic E-state index is -0.868. The van der Waals surface area contributed by atoms with E-state index in [-0.39, 0.29) is 0 Å². The number of hydrogen-bond acceptors (Lipinski definition) is 2. The Balaban J connectivity index is 2.02. The van der Waals surface area contributed by atoms with Gasteiger partial charge in [0.05, 0.1) is 21.4 Å². The summed E-state index contributed by atoms with van der Waals surface area (Å²) >= 11 is 0. The number of rotatable bonds is 3. The first kappa shape index (κ1) is 14.4. The van der Waals surface area contributed by atoms with Gasteiger partial charge in [0.15, 0.2) is 0 Å². The molecular weight excluding hydrogens is 254 g/mol. The minimum Gasteiger partial charge on any atom is -0.245 e. The first-order valence-corrected chi connectivity index (χ1v) is 7.63. The second-order valence-electron chi connectivity index (χ2n) is 5.92. The fourth-order valence-electron chi connectivity index (χ4n) is 3.27. The van der Waals surface area contributed by atoms with Crippen LogP contribution in [-0.2, 0) is 5.21 Å². The van der Waals surface area contributed by atoms with Gasteiger partial charge in [-0.1, -0.05) is 67.6 Å². The highest BCUT2D eigenvalue weighted by Gasteiger charge is 2.33. The van der Waals surface area contributed by atoms with Gasteiger partial charge in [0.1, 0.15) is 6.33 Å². The molecule has 0 aliphatic heterocycles. The predicted octanol–water partition coefficient (Wildman–Crippen LogP) is 3.21. The molecule has 0 spiro atoms. The van der Waals surface area contributed by atoms with Crippen LogP contribution in [0.3, 0.4) is 0 Å². The van der Waals surface area contributed by atoms with Gasteiger partial charge in [-0.2, -0.15) is 0 Å². The van der Waals surface area contributed by atoms with E-state index in [4.69, 9.17) is 15.7 Å². The molecule has 1 aliphatic rings. The second-order valence-corrected chi connectivity index (χ2v) is 5.92. The lowest BCUT2D eigenvalue weighted by Gasteiger charge is -2.39. The molecule has 1 aliphatic carbocycles. The van der Waals surface area contributed by atoms with Gasteiger partial charge in [-0.05, 0) is 11.5 Å². The van der Waals surface area contributed by atoms with E-state index in [1.54, 1.807) is 12.5 Å². The Kier molecular flexibility index (Phi) is 4.14. The topological polar surface area (TPSA) is 25.8 Å². The molecule has 0 unspecified atom stereocenters. The summed E-state index contributed by atoms with van der Waals surface area (Å²) in [5.41, 5.74) is 2.73. The van der Waals surface area contributed by atoms with E-state index in [2.05, 4.69) is 9.97 Å². The lowest BCUT2D eigenvalue weighted by Crippen LogP contribution is -2.38. The molecule has 3 rings (SSSR count). The molecule has 2 aromatic rings. The van der Waals surface area contributed by atoms with Crippen LogP contribution in [0.15, 0.2) is 42.9 Å². The summed E-state index contributed by atoms with van der Waals surface area (Å²) in [6.07, 6.45) is 9.19. The molecule has 1 aromatic carbocycles. The monoisotopic (exact) mass is 272 g/mol. The van der Waals surface area contributed by atoms with Crippen molar-refractivity contribution >= 4 is 15.7 Å². The number of aromatic nitrogens is 2. The summed E-state index contributed by atoms with van der Waals surface area (Å²) < 4.78 is 0. The van der Waals surface area contributed by atoms with Crippen LogP contribution >= 0.6 is 0 Å². The first-order valence-electron chi connectivity index (χ1n) is 7.63. The molecule has 1 aromatic heterocycles. The van der Waals surface area contributed by atoms with Crippen molar-refractivity contribution in [2.24, 2.45) is 5.92 Å². The Labute approximate surface area is 129 Å². The van der Waals surface area contributed by atoms with Gasteiger partial charge >= 0.3 is 0 Å². The molecule has 1 fully saturated rings. The molecule has 2 nitrogen and oxygen atoms in total. The summed E-state index contributed by atoms with van der Waals surface area (Å²) in [4.78, 5) is 8.60. The SMILES string of the molecule is [B]C([B])(c1cncnc1-c1ccccc1)C1CCCCC1. The molecule has 1 saturated carbocycles. The zero-order valence-corrected chi connectivity index (χ0v) is 12.2. The number of hydrogen-bond donors (Lipinski definition) is 0. The van der Waals surface area contributed by atoms with E-state index in [1.807, 2.05) is 30.3 Å². The molecule has 0 atom stereocenters. The normalized spacial score (nSPS) is 16.8. The van der Waals surface area contributed by atoms with Crippen molar-refractivity contribution in [2.75, 3.05) is 0 Å². The lowest BCUT2D eigenvalue weighted by molar-refractivity contribution is 0.326. The Bertz CT molecular complexity index is 593. The molecule has 21 heavy (non-hydrogen) atoms. The van der Waals surface area contributed by atoms with Crippen LogP contribution in [0.5, 0.6) is 0 Å². The number of benzene rings is 1. The average Bonchev–Trinajstić information content (AvgIpc) is 2.56. The summed E-state index contributed by atoms with van der Waals surface area (Å²) in [5, 5.41) is -0.868. The van der Waals surface area contributed by atoms with Crippen molar-refractivity contribution in [1.29, 1.82) is 0 Å². The van der Waals surface area contributed by atoms with Crippen LogP contribution in [-0.4, -0.2) is 25.7 Å². The Morgan fingerprint density at radius 1 is 1.00 bits per heavy atom. The predicted molar refractivity (Wildman–Crippen MR) is 87.2 cm³/mol.